The highest BCUT2D eigenvalue weighted by Gasteiger charge is 2.40. The monoisotopic (exact) mass is 410 g/mol. The predicted octanol–water partition coefficient (Wildman–Crippen LogP) is 2.48. The Balaban J connectivity index is 1.52. The van der Waals surface area contributed by atoms with E-state index in [0.29, 0.717) is 12.2 Å². The molecule has 2 atom stereocenters. The first kappa shape index (κ1) is 21.0. The van der Waals surface area contributed by atoms with Crippen LogP contribution in [-0.2, 0) is 9.59 Å². The number of hydrogen-bond acceptors (Lipinski definition) is 4. The molecule has 4 rings (SSSR count). The zero-order valence-electron chi connectivity index (χ0n) is 16.6. The maximum atomic E-state index is 13.2. The van der Waals surface area contributed by atoms with Crippen LogP contribution < -0.4 is 10.6 Å². The fraction of sp³-hybridized carbons (Fsp3) is 0.600. The standard InChI is InChI=1S/C20H28ClFN4O2/c1-20(2,3)24-19(28)12-26-10-14-5-6-15(26)9-25(14)11-18(27)23-13-4-7-17(22)16(21)8-13/h4,7-8,14-15H,5-6,9-12H2,1-3H3,(H,23,27)(H,24,28)/t14-,15-/m1/s1. The summed E-state index contributed by atoms with van der Waals surface area (Å²) in [5, 5.41) is 5.77. The summed E-state index contributed by atoms with van der Waals surface area (Å²) in [5.74, 6) is -0.617. The van der Waals surface area contributed by atoms with E-state index in [0.717, 1.165) is 25.9 Å². The van der Waals surface area contributed by atoms with Crippen LogP contribution in [0.25, 0.3) is 0 Å². The molecular formula is C20H28ClFN4O2. The Bertz CT molecular complexity index is 752. The van der Waals surface area contributed by atoms with Gasteiger partial charge in [0.15, 0.2) is 0 Å². The number of fused-ring (bicyclic) bond motifs is 3. The first-order valence-corrected chi connectivity index (χ1v) is 10.0. The van der Waals surface area contributed by atoms with Gasteiger partial charge in [-0.05, 0) is 51.8 Å². The second-order valence-electron chi connectivity index (χ2n) is 8.72. The smallest absolute Gasteiger partial charge is 0.238 e. The first-order chi connectivity index (χ1) is 13.1. The number of carbonyl (C=O) groups is 2. The van der Waals surface area contributed by atoms with Crippen molar-refractivity contribution in [3.8, 4) is 0 Å². The first-order valence-electron chi connectivity index (χ1n) is 9.65. The number of hydrogen-bond donors (Lipinski definition) is 2. The summed E-state index contributed by atoms with van der Waals surface area (Å²) in [6.45, 7) is 8.15. The summed E-state index contributed by atoms with van der Waals surface area (Å²) in [6.07, 6.45) is 2.07. The van der Waals surface area contributed by atoms with Gasteiger partial charge in [-0.1, -0.05) is 11.6 Å². The molecule has 0 unspecified atom stereocenters. The van der Waals surface area contributed by atoms with E-state index >= 15 is 0 Å². The van der Waals surface area contributed by atoms with Gasteiger partial charge in [-0.3, -0.25) is 19.4 Å². The van der Waals surface area contributed by atoms with E-state index in [2.05, 4.69) is 20.4 Å². The third kappa shape index (κ3) is 5.43. The molecule has 154 valence electrons. The third-order valence-corrected chi connectivity index (χ3v) is 5.46. The van der Waals surface area contributed by atoms with Gasteiger partial charge < -0.3 is 10.6 Å². The van der Waals surface area contributed by atoms with Gasteiger partial charge in [0, 0.05) is 36.4 Å². The van der Waals surface area contributed by atoms with Gasteiger partial charge in [0.2, 0.25) is 11.8 Å². The number of nitrogens with one attached hydrogen (secondary N) is 2. The summed E-state index contributed by atoms with van der Waals surface area (Å²) in [6, 6.07) is 4.68. The van der Waals surface area contributed by atoms with Crippen LogP contribution in [0.2, 0.25) is 5.02 Å². The van der Waals surface area contributed by atoms with Crippen LogP contribution in [0, 0.1) is 5.82 Å². The fourth-order valence-corrected chi connectivity index (χ4v) is 4.17. The van der Waals surface area contributed by atoms with Crippen molar-refractivity contribution in [2.75, 3.05) is 31.5 Å². The summed E-state index contributed by atoms with van der Waals surface area (Å²) in [4.78, 5) is 29.1. The van der Waals surface area contributed by atoms with Crippen LogP contribution in [-0.4, -0.2) is 65.4 Å². The molecule has 3 aliphatic rings. The van der Waals surface area contributed by atoms with Gasteiger partial charge in [0.1, 0.15) is 5.82 Å². The minimum absolute atomic E-state index is 0.0148. The second-order valence-corrected chi connectivity index (χ2v) is 9.13. The summed E-state index contributed by atoms with van der Waals surface area (Å²) >= 11 is 5.76. The SMILES string of the molecule is CC(C)(C)NC(=O)CN1C[C@H]2CC[C@@H]1CN2CC(=O)Nc1ccc(F)c(Cl)c1. The highest BCUT2D eigenvalue weighted by atomic mass is 35.5. The average molecular weight is 411 g/mol. The lowest BCUT2D eigenvalue weighted by atomic mass is 9.90. The number of piperidine rings is 2. The van der Waals surface area contributed by atoms with Crippen molar-refractivity contribution < 1.29 is 14.0 Å². The van der Waals surface area contributed by atoms with Crippen LogP contribution in [0.1, 0.15) is 33.6 Å². The topological polar surface area (TPSA) is 64.7 Å². The maximum Gasteiger partial charge on any atom is 0.238 e. The number of anilines is 1. The molecule has 8 heteroatoms. The number of amides is 2. The minimum atomic E-state index is -0.511. The molecule has 0 spiro atoms. The molecule has 6 nitrogen and oxygen atoms in total. The van der Waals surface area contributed by atoms with E-state index in [1.807, 2.05) is 20.8 Å². The van der Waals surface area contributed by atoms with Crippen LogP contribution in [0.15, 0.2) is 18.2 Å². The maximum absolute atomic E-state index is 13.2. The number of benzene rings is 1. The highest BCUT2D eigenvalue weighted by Crippen LogP contribution is 2.28. The van der Waals surface area contributed by atoms with Crippen LogP contribution in [0.4, 0.5) is 10.1 Å². The van der Waals surface area contributed by atoms with Crippen LogP contribution in [0.3, 0.4) is 0 Å². The Kier molecular flexibility index (Phi) is 6.27. The van der Waals surface area contributed by atoms with Gasteiger partial charge in [-0.25, -0.2) is 4.39 Å². The number of halogens is 2. The van der Waals surface area contributed by atoms with Gasteiger partial charge in [0.25, 0.3) is 0 Å². The molecule has 2 N–H and O–H groups in total. The minimum Gasteiger partial charge on any atom is -0.350 e. The van der Waals surface area contributed by atoms with E-state index in [1.165, 1.54) is 18.2 Å². The molecule has 3 saturated heterocycles. The lowest BCUT2D eigenvalue weighted by molar-refractivity contribution is -0.128. The van der Waals surface area contributed by atoms with Crippen LogP contribution in [0.5, 0.6) is 0 Å². The molecule has 0 saturated carbocycles. The lowest BCUT2D eigenvalue weighted by Gasteiger charge is -2.51. The Morgan fingerprint density at radius 2 is 1.68 bits per heavy atom. The lowest BCUT2D eigenvalue weighted by Crippen LogP contribution is -2.65. The average Bonchev–Trinajstić information content (AvgIpc) is 2.57. The number of carbonyl (C=O) groups excluding carboxylic acids is 2. The molecule has 28 heavy (non-hydrogen) atoms. The van der Waals surface area contributed by atoms with Crippen molar-refractivity contribution in [2.24, 2.45) is 0 Å². The molecule has 2 amide bonds. The van der Waals surface area contributed by atoms with E-state index < -0.39 is 5.82 Å². The number of rotatable bonds is 5. The van der Waals surface area contributed by atoms with Crippen molar-refractivity contribution in [1.82, 2.24) is 15.1 Å². The summed E-state index contributed by atoms with van der Waals surface area (Å²) < 4.78 is 13.2. The van der Waals surface area contributed by atoms with Gasteiger partial charge in [0.05, 0.1) is 18.1 Å². The van der Waals surface area contributed by atoms with Crippen molar-refractivity contribution in [3.63, 3.8) is 0 Å². The molecule has 3 fully saturated rings. The second kappa shape index (κ2) is 8.35. The Labute approximate surface area is 170 Å². The summed E-state index contributed by atoms with van der Waals surface area (Å²) in [7, 11) is 0. The quantitative estimate of drug-likeness (QED) is 0.782. The normalized spacial score (nSPS) is 22.9. The molecular weight excluding hydrogens is 383 g/mol. The summed E-state index contributed by atoms with van der Waals surface area (Å²) in [5.41, 5.74) is 0.248. The van der Waals surface area contributed by atoms with Gasteiger partial charge in [-0.2, -0.15) is 0 Å². The molecule has 0 aliphatic carbocycles. The fourth-order valence-electron chi connectivity index (χ4n) is 3.99. The van der Waals surface area contributed by atoms with E-state index in [1.54, 1.807) is 0 Å². The Hall–Kier alpha value is -1.70. The van der Waals surface area contributed by atoms with Gasteiger partial charge >= 0.3 is 0 Å². The molecule has 0 aromatic heterocycles. The predicted molar refractivity (Wildman–Crippen MR) is 108 cm³/mol. The Morgan fingerprint density at radius 3 is 2.18 bits per heavy atom. The molecule has 2 bridgehead atoms. The van der Waals surface area contributed by atoms with E-state index in [9.17, 15) is 14.0 Å². The zero-order chi connectivity index (χ0) is 20.5. The molecule has 0 radical (unpaired) electrons. The Morgan fingerprint density at radius 1 is 1.11 bits per heavy atom. The van der Waals surface area contributed by atoms with E-state index in [4.69, 9.17) is 11.6 Å². The zero-order valence-corrected chi connectivity index (χ0v) is 17.4. The van der Waals surface area contributed by atoms with Crippen molar-refractivity contribution in [3.05, 3.63) is 29.0 Å². The van der Waals surface area contributed by atoms with Crippen molar-refractivity contribution in [2.45, 2.75) is 51.2 Å². The third-order valence-electron chi connectivity index (χ3n) is 5.17. The van der Waals surface area contributed by atoms with Crippen LogP contribution >= 0.6 is 11.6 Å². The van der Waals surface area contributed by atoms with Crippen molar-refractivity contribution >= 4 is 29.1 Å². The van der Waals surface area contributed by atoms with Crippen molar-refractivity contribution in [1.29, 1.82) is 0 Å². The van der Waals surface area contributed by atoms with E-state index in [-0.39, 0.29) is 41.0 Å². The number of nitrogens with zero attached hydrogens (tertiary/aromatic N) is 2. The largest absolute Gasteiger partial charge is 0.350 e. The molecule has 3 heterocycles. The molecule has 1 aromatic rings. The van der Waals surface area contributed by atoms with Gasteiger partial charge in [-0.15, -0.1) is 0 Å². The molecule has 3 aliphatic heterocycles. The highest BCUT2D eigenvalue weighted by molar-refractivity contribution is 6.31. The molecule has 1 aromatic carbocycles. The number of piperazine rings is 1.